The first-order valence-electron chi connectivity index (χ1n) is 10.7. The van der Waals surface area contributed by atoms with E-state index in [2.05, 4.69) is 20.4 Å². The Kier molecular flexibility index (Phi) is 6.70. The van der Waals surface area contributed by atoms with Crippen LogP contribution in [0.25, 0.3) is 11.4 Å². The van der Waals surface area contributed by atoms with Crippen molar-refractivity contribution in [2.75, 3.05) is 32.6 Å². The van der Waals surface area contributed by atoms with Gasteiger partial charge in [-0.3, -0.25) is 9.69 Å². The van der Waals surface area contributed by atoms with Gasteiger partial charge in [0.1, 0.15) is 0 Å². The fourth-order valence-corrected chi connectivity index (χ4v) is 4.02. The topological polar surface area (TPSA) is 89.7 Å². The summed E-state index contributed by atoms with van der Waals surface area (Å²) in [5, 5.41) is 7.14. The molecule has 0 radical (unpaired) electrons. The highest BCUT2D eigenvalue weighted by molar-refractivity contribution is 5.93. The third-order valence-electron chi connectivity index (χ3n) is 5.74. The van der Waals surface area contributed by atoms with Crippen molar-refractivity contribution in [3.05, 3.63) is 53.9 Å². The second kappa shape index (κ2) is 9.82. The zero-order valence-corrected chi connectivity index (χ0v) is 18.6. The highest BCUT2D eigenvalue weighted by Crippen LogP contribution is 2.30. The number of hydrogen-bond donors (Lipinski definition) is 1. The van der Waals surface area contributed by atoms with Crippen molar-refractivity contribution in [1.82, 2.24) is 15.0 Å². The number of nitrogens with zero attached hydrogens (tertiary/aromatic N) is 3. The van der Waals surface area contributed by atoms with Gasteiger partial charge in [-0.05, 0) is 44.0 Å². The average Bonchev–Trinajstić information content (AvgIpc) is 3.27. The van der Waals surface area contributed by atoms with Gasteiger partial charge in [0.2, 0.25) is 17.6 Å². The van der Waals surface area contributed by atoms with Crippen LogP contribution in [0.1, 0.15) is 24.3 Å². The summed E-state index contributed by atoms with van der Waals surface area (Å²) in [4.78, 5) is 19.6. The van der Waals surface area contributed by atoms with Gasteiger partial charge in [0.25, 0.3) is 0 Å². The van der Waals surface area contributed by atoms with E-state index in [1.165, 1.54) is 0 Å². The number of anilines is 1. The quantitative estimate of drug-likeness (QED) is 0.600. The van der Waals surface area contributed by atoms with Gasteiger partial charge in [0.05, 0.1) is 26.7 Å². The van der Waals surface area contributed by atoms with Crippen LogP contribution in [0.3, 0.4) is 0 Å². The Morgan fingerprint density at radius 1 is 1.19 bits per heavy atom. The summed E-state index contributed by atoms with van der Waals surface area (Å²) >= 11 is 0. The van der Waals surface area contributed by atoms with Crippen LogP contribution >= 0.6 is 0 Å². The minimum absolute atomic E-state index is 0.00644. The second-order valence-corrected chi connectivity index (χ2v) is 7.96. The number of aryl methyl sites for hydroxylation is 1. The zero-order valence-electron chi connectivity index (χ0n) is 18.6. The number of amides is 1. The molecule has 1 atom stereocenters. The van der Waals surface area contributed by atoms with E-state index in [1.54, 1.807) is 26.4 Å². The molecule has 1 amide bonds. The molecule has 2 heterocycles. The number of carbonyl (C=O) groups is 1. The lowest BCUT2D eigenvalue weighted by atomic mass is 9.97. The molecule has 3 aromatic rings. The van der Waals surface area contributed by atoms with Gasteiger partial charge in [0, 0.05) is 23.9 Å². The molecular formula is C24H28N4O4. The number of aromatic nitrogens is 2. The number of rotatable bonds is 7. The van der Waals surface area contributed by atoms with E-state index >= 15 is 0 Å². The molecule has 4 rings (SSSR count). The Hall–Kier alpha value is -3.39. The molecule has 8 heteroatoms. The highest BCUT2D eigenvalue weighted by atomic mass is 16.5. The lowest BCUT2D eigenvalue weighted by Crippen LogP contribution is -2.40. The van der Waals surface area contributed by atoms with E-state index in [9.17, 15) is 4.79 Å². The van der Waals surface area contributed by atoms with E-state index in [1.807, 2.05) is 37.3 Å². The number of methoxy groups -OCH3 is 2. The maximum Gasteiger partial charge on any atom is 0.241 e. The number of benzene rings is 2. The number of nitrogens with one attached hydrogen (secondary N) is 1. The van der Waals surface area contributed by atoms with Gasteiger partial charge in [-0.2, -0.15) is 4.98 Å². The van der Waals surface area contributed by atoms with Crippen molar-refractivity contribution in [2.45, 2.75) is 26.3 Å². The molecule has 1 N–H and O–H groups in total. The van der Waals surface area contributed by atoms with Crippen LogP contribution in [-0.2, 0) is 11.3 Å². The van der Waals surface area contributed by atoms with Gasteiger partial charge in [0.15, 0.2) is 11.5 Å². The second-order valence-electron chi connectivity index (χ2n) is 7.96. The molecule has 8 nitrogen and oxygen atoms in total. The summed E-state index contributed by atoms with van der Waals surface area (Å²) in [6.45, 7) is 4.08. The summed E-state index contributed by atoms with van der Waals surface area (Å²) in [6, 6.07) is 13.3. The van der Waals surface area contributed by atoms with Gasteiger partial charge in [-0.15, -0.1) is 0 Å². The van der Waals surface area contributed by atoms with Crippen LogP contribution in [0.4, 0.5) is 5.69 Å². The van der Waals surface area contributed by atoms with E-state index in [0.717, 1.165) is 30.5 Å². The molecule has 32 heavy (non-hydrogen) atoms. The Morgan fingerprint density at radius 2 is 2.00 bits per heavy atom. The molecule has 1 aliphatic heterocycles. The van der Waals surface area contributed by atoms with E-state index in [4.69, 9.17) is 14.0 Å². The van der Waals surface area contributed by atoms with Crippen molar-refractivity contribution < 1.29 is 18.8 Å². The van der Waals surface area contributed by atoms with Crippen molar-refractivity contribution in [3.63, 3.8) is 0 Å². The predicted molar refractivity (Wildman–Crippen MR) is 121 cm³/mol. The number of carbonyl (C=O) groups excluding carboxylic acids is 1. The van der Waals surface area contributed by atoms with E-state index in [0.29, 0.717) is 42.0 Å². The molecular weight excluding hydrogens is 408 g/mol. The Balaban J connectivity index is 1.37. The maximum atomic E-state index is 12.9. The largest absolute Gasteiger partial charge is 0.493 e. The fraction of sp³-hybridized carbons (Fsp3) is 0.375. The van der Waals surface area contributed by atoms with Crippen LogP contribution < -0.4 is 14.8 Å². The summed E-state index contributed by atoms with van der Waals surface area (Å²) < 4.78 is 16.1. The third-order valence-corrected chi connectivity index (χ3v) is 5.74. The number of likely N-dealkylation sites (tertiary alicyclic amines) is 1. The van der Waals surface area contributed by atoms with E-state index < -0.39 is 0 Å². The number of ether oxygens (including phenoxy) is 2. The standard InChI is InChI=1S/C24H28N4O4/c1-16-7-4-5-9-19(16)23-26-22(32-27-23)15-28-12-6-8-17(14-28)24(29)25-18-10-11-20(30-2)21(13-18)31-3/h4-5,7,9-11,13,17H,6,8,12,14-15H2,1-3H3,(H,25,29). The third kappa shape index (κ3) is 4.91. The maximum absolute atomic E-state index is 12.9. The first-order chi connectivity index (χ1) is 15.6. The molecule has 1 aromatic heterocycles. The molecule has 0 saturated carbocycles. The van der Waals surface area contributed by atoms with Gasteiger partial charge >= 0.3 is 0 Å². The first-order valence-corrected chi connectivity index (χ1v) is 10.7. The molecule has 168 valence electrons. The molecule has 0 bridgehead atoms. The summed E-state index contributed by atoms with van der Waals surface area (Å²) in [5.41, 5.74) is 2.75. The minimum atomic E-state index is -0.115. The van der Waals surface area contributed by atoms with Crippen LogP contribution in [0.2, 0.25) is 0 Å². The smallest absolute Gasteiger partial charge is 0.241 e. The molecule has 1 fully saturated rings. The Bertz CT molecular complexity index is 1080. The van der Waals surface area contributed by atoms with Crippen LogP contribution in [-0.4, -0.2) is 48.3 Å². The van der Waals surface area contributed by atoms with Crippen molar-refractivity contribution in [2.24, 2.45) is 5.92 Å². The lowest BCUT2D eigenvalue weighted by Gasteiger charge is -2.30. The van der Waals surface area contributed by atoms with Gasteiger partial charge in [-0.25, -0.2) is 0 Å². The Morgan fingerprint density at radius 3 is 2.78 bits per heavy atom. The van der Waals surface area contributed by atoms with Gasteiger partial charge in [-0.1, -0.05) is 29.4 Å². The normalized spacial score (nSPS) is 16.5. The van der Waals surface area contributed by atoms with E-state index in [-0.39, 0.29) is 11.8 Å². The van der Waals surface area contributed by atoms with Crippen LogP contribution in [0, 0.1) is 12.8 Å². The summed E-state index contributed by atoms with van der Waals surface area (Å²) in [7, 11) is 3.16. The fourth-order valence-electron chi connectivity index (χ4n) is 4.02. The first kappa shape index (κ1) is 21.8. The number of hydrogen-bond acceptors (Lipinski definition) is 7. The van der Waals surface area contributed by atoms with Gasteiger partial charge < -0.3 is 19.3 Å². The summed E-state index contributed by atoms with van der Waals surface area (Å²) in [5.74, 6) is 2.24. The van der Waals surface area contributed by atoms with Crippen molar-refractivity contribution in [1.29, 1.82) is 0 Å². The Labute approximate surface area is 187 Å². The average molecular weight is 437 g/mol. The molecule has 1 aliphatic rings. The monoisotopic (exact) mass is 436 g/mol. The van der Waals surface area contributed by atoms with Crippen LogP contribution in [0.5, 0.6) is 11.5 Å². The predicted octanol–water partition coefficient (Wildman–Crippen LogP) is 3.91. The summed E-state index contributed by atoms with van der Waals surface area (Å²) in [6.07, 6.45) is 1.77. The number of piperidine rings is 1. The van der Waals surface area contributed by atoms with Crippen molar-refractivity contribution in [3.8, 4) is 22.9 Å². The molecule has 1 saturated heterocycles. The zero-order chi connectivity index (χ0) is 22.5. The molecule has 2 aromatic carbocycles. The van der Waals surface area contributed by atoms with Crippen molar-refractivity contribution >= 4 is 11.6 Å². The lowest BCUT2D eigenvalue weighted by molar-refractivity contribution is -0.121. The van der Waals surface area contributed by atoms with Crippen LogP contribution in [0.15, 0.2) is 47.0 Å². The SMILES string of the molecule is COc1ccc(NC(=O)C2CCCN(Cc3nc(-c4ccccc4C)no3)C2)cc1OC. The molecule has 0 aliphatic carbocycles. The molecule has 0 spiro atoms. The minimum Gasteiger partial charge on any atom is -0.493 e. The molecule has 1 unspecified atom stereocenters. The highest BCUT2D eigenvalue weighted by Gasteiger charge is 2.27.